The van der Waals surface area contributed by atoms with Gasteiger partial charge in [-0.05, 0) is 45.6 Å². The lowest BCUT2D eigenvalue weighted by Gasteiger charge is -2.38. The lowest BCUT2D eigenvalue weighted by atomic mass is 9.85. The first-order chi connectivity index (χ1) is 17.8. The van der Waals surface area contributed by atoms with E-state index in [1.54, 1.807) is 25.4 Å². The molecule has 4 N–H and O–H groups in total. The summed E-state index contributed by atoms with van der Waals surface area (Å²) in [5.41, 5.74) is 10.2. The van der Waals surface area contributed by atoms with Crippen molar-refractivity contribution in [3.63, 3.8) is 0 Å². The van der Waals surface area contributed by atoms with Crippen molar-refractivity contribution in [3.05, 3.63) is 53.6 Å². The minimum Gasteiger partial charge on any atom is -0.387 e. The molecule has 2 aliphatic heterocycles. The molecule has 2 aliphatic rings. The number of hydrogen-bond donors (Lipinski definition) is 3. The van der Waals surface area contributed by atoms with Crippen molar-refractivity contribution in [2.75, 3.05) is 5.73 Å². The number of fused-ring (bicyclic) bond motifs is 3. The fourth-order valence-corrected chi connectivity index (χ4v) is 5.87. The highest BCUT2D eigenvalue weighted by Gasteiger charge is 2.45. The fourth-order valence-electron chi connectivity index (χ4n) is 5.87. The number of aliphatic hydroxyl groups is 1. The molecular formula is C25H27N9O3. The van der Waals surface area contributed by atoms with Gasteiger partial charge in [-0.15, -0.1) is 10.2 Å². The molecule has 4 atom stereocenters. The van der Waals surface area contributed by atoms with Gasteiger partial charge in [0.2, 0.25) is 5.82 Å². The molecule has 2 saturated heterocycles. The molecule has 0 saturated carbocycles. The summed E-state index contributed by atoms with van der Waals surface area (Å²) >= 11 is 0. The van der Waals surface area contributed by atoms with Gasteiger partial charge in [0.25, 0.3) is 5.91 Å². The van der Waals surface area contributed by atoms with Crippen LogP contribution in [0.3, 0.4) is 0 Å². The quantitative estimate of drug-likeness (QED) is 0.347. The molecule has 4 aromatic heterocycles. The van der Waals surface area contributed by atoms with E-state index in [1.807, 2.05) is 11.0 Å². The number of carbonyl (C=O) groups is 2. The van der Waals surface area contributed by atoms with Crippen LogP contribution >= 0.6 is 0 Å². The number of pyridine rings is 1. The van der Waals surface area contributed by atoms with Crippen molar-refractivity contribution >= 4 is 23.2 Å². The number of aliphatic hydroxyl groups excluding tert-OH is 1. The first-order valence-electron chi connectivity index (χ1n) is 12.3. The number of aromatic amines is 1. The number of Topliss-reactive ketones (excluding diaryl/α,β-unsaturated/α-hetero) is 1. The molecule has 12 nitrogen and oxygen atoms in total. The zero-order valence-electron chi connectivity index (χ0n) is 20.5. The number of nitrogens with one attached hydrogen (secondary N) is 1. The summed E-state index contributed by atoms with van der Waals surface area (Å²) in [6.45, 7) is 3.15. The summed E-state index contributed by atoms with van der Waals surface area (Å²) in [5.74, 6) is 0.127. The number of H-pyrrole nitrogens is 1. The van der Waals surface area contributed by atoms with Crippen LogP contribution in [0.25, 0.3) is 16.8 Å². The number of ketones is 1. The summed E-state index contributed by atoms with van der Waals surface area (Å²) < 4.78 is 1.50. The zero-order valence-corrected chi connectivity index (χ0v) is 20.5. The van der Waals surface area contributed by atoms with Gasteiger partial charge in [0.05, 0.1) is 29.3 Å². The number of nitrogens with two attached hydrogens (primary N) is 1. The number of piperidine rings is 1. The highest BCUT2D eigenvalue weighted by molar-refractivity contribution is 6.00. The highest BCUT2D eigenvalue weighted by atomic mass is 16.3. The van der Waals surface area contributed by atoms with Gasteiger partial charge in [-0.3, -0.25) is 14.6 Å². The molecule has 6 rings (SSSR count). The van der Waals surface area contributed by atoms with Crippen LogP contribution in [-0.4, -0.2) is 68.5 Å². The molecule has 2 fully saturated rings. The van der Waals surface area contributed by atoms with Crippen LogP contribution in [0.2, 0.25) is 0 Å². The van der Waals surface area contributed by atoms with Crippen molar-refractivity contribution in [1.29, 1.82) is 0 Å². The third-order valence-corrected chi connectivity index (χ3v) is 7.56. The van der Waals surface area contributed by atoms with Crippen LogP contribution in [0.4, 0.5) is 5.82 Å². The van der Waals surface area contributed by atoms with Gasteiger partial charge in [0.1, 0.15) is 12.1 Å². The molecule has 4 aromatic rings. The van der Waals surface area contributed by atoms with Gasteiger partial charge in [0.15, 0.2) is 11.4 Å². The minimum absolute atomic E-state index is 0.0157. The lowest BCUT2D eigenvalue weighted by Crippen LogP contribution is -2.46. The van der Waals surface area contributed by atoms with Crippen LogP contribution in [0, 0.1) is 0 Å². The lowest BCUT2D eigenvalue weighted by molar-refractivity contribution is 0.0556. The number of aromatic nitrogens is 7. The molecule has 37 heavy (non-hydrogen) atoms. The Morgan fingerprint density at radius 3 is 2.54 bits per heavy atom. The molecule has 12 heteroatoms. The van der Waals surface area contributed by atoms with Crippen LogP contribution in [0.15, 0.2) is 30.9 Å². The molecule has 0 aromatic carbocycles. The Kier molecular flexibility index (Phi) is 5.48. The molecule has 6 heterocycles. The Hall–Kier alpha value is -4.19. The first kappa shape index (κ1) is 23.2. The van der Waals surface area contributed by atoms with Gasteiger partial charge in [-0.1, -0.05) is 6.07 Å². The van der Waals surface area contributed by atoms with Gasteiger partial charge in [-0.2, -0.15) is 9.61 Å². The predicted molar refractivity (Wildman–Crippen MR) is 133 cm³/mol. The molecule has 0 aliphatic carbocycles. The van der Waals surface area contributed by atoms with Crippen LogP contribution in [-0.2, 0) is 0 Å². The maximum absolute atomic E-state index is 13.1. The number of nitrogens with zero attached hydrogens (tertiary/aromatic N) is 7. The highest BCUT2D eigenvalue weighted by Crippen LogP contribution is 2.45. The third kappa shape index (κ3) is 3.75. The topological polar surface area (TPSA) is 168 Å². The second-order valence-electron chi connectivity index (χ2n) is 9.86. The maximum atomic E-state index is 13.1. The van der Waals surface area contributed by atoms with Crippen molar-refractivity contribution in [3.8, 4) is 11.1 Å². The van der Waals surface area contributed by atoms with Crippen LogP contribution < -0.4 is 5.73 Å². The van der Waals surface area contributed by atoms with E-state index >= 15 is 0 Å². The van der Waals surface area contributed by atoms with E-state index in [9.17, 15) is 14.7 Å². The van der Waals surface area contributed by atoms with E-state index in [0.29, 0.717) is 35.4 Å². The van der Waals surface area contributed by atoms with E-state index in [1.165, 1.54) is 17.8 Å². The number of carbonyl (C=O) groups excluding carboxylic acids is 2. The predicted octanol–water partition coefficient (Wildman–Crippen LogP) is 2.30. The van der Waals surface area contributed by atoms with Gasteiger partial charge in [-0.25, -0.2) is 4.98 Å². The Labute approximate surface area is 211 Å². The van der Waals surface area contributed by atoms with E-state index in [4.69, 9.17) is 10.7 Å². The second kappa shape index (κ2) is 8.73. The average molecular weight is 502 g/mol. The van der Waals surface area contributed by atoms with Gasteiger partial charge < -0.3 is 20.7 Å². The van der Waals surface area contributed by atoms with Crippen molar-refractivity contribution in [2.24, 2.45) is 0 Å². The van der Waals surface area contributed by atoms with E-state index < -0.39 is 6.10 Å². The number of amides is 1. The van der Waals surface area contributed by atoms with Crippen LogP contribution in [0.5, 0.6) is 0 Å². The van der Waals surface area contributed by atoms with E-state index in [-0.39, 0.29) is 41.3 Å². The number of hydrogen-bond acceptors (Lipinski definition) is 9. The van der Waals surface area contributed by atoms with Crippen molar-refractivity contribution < 1.29 is 14.7 Å². The smallest absolute Gasteiger partial charge is 0.292 e. The van der Waals surface area contributed by atoms with Gasteiger partial charge >= 0.3 is 0 Å². The molecule has 0 radical (unpaired) electrons. The summed E-state index contributed by atoms with van der Waals surface area (Å²) in [6.07, 6.45) is 7.17. The largest absolute Gasteiger partial charge is 0.387 e. The summed E-state index contributed by atoms with van der Waals surface area (Å²) in [7, 11) is 0. The molecule has 0 spiro atoms. The van der Waals surface area contributed by atoms with Crippen molar-refractivity contribution in [2.45, 2.75) is 63.6 Å². The minimum atomic E-state index is -0.673. The SMILES string of the molecule is CC(=O)c1c([C@@H]2C[C@H]3CC[C@@H](C2)N3C(=O)c2nnc[nH]2)nc2c(-c3ccc([C@@H](C)O)nc3)cnn2c1N. The zero-order chi connectivity index (χ0) is 25.8. The average Bonchev–Trinajstić information content (AvgIpc) is 3.62. The molecule has 0 unspecified atom stereocenters. The number of rotatable bonds is 5. The second-order valence-corrected chi connectivity index (χ2v) is 9.86. The summed E-state index contributed by atoms with van der Waals surface area (Å²) in [5, 5.41) is 21.9. The van der Waals surface area contributed by atoms with Crippen LogP contribution in [0.1, 0.15) is 83.9 Å². The Balaban J connectivity index is 1.40. The maximum Gasteiger partial charge on any atom is 0.292 e. The first-order valence-corrected chi connectivity index (χ1v) is 12.3. The van der Waals surface area contributed by atoms with Crippen molar-refractivity contribution in [1.82, 2.24) is 39.7 Å². The Bertz CT molecular complexity index is 1480. The van der Waals surface area contributed by atoms with E-state index in [2.05, 4.69) is 25.3 Å². The standard InChI is InChI=1S/C25H27N9O3/c1-12(35)19-6-3-14(9-27-19)18-10-30-34-22(26)20(13(2)36)21(31-24(18)34)15-7-16-4-5-17(8-15)33(16)25(37)23-28-11-29-32-23/h3,6,9-12,15-17,35H,4-5,7-8,26H2,1-2H3,(H,28,29,32)/t12-,15-,16-,17+/m1/s1. The number of nitrogen functional groups attached to an aromatic ring is 1. The fraction of sp³-hybridized carbons (Fsp3) is 0.400. The van der Waals surface area contributed by atoms with E-state index in [0.717, 1.165) is 24.0 Å². The van der Waals surface area contributed by atoms with Gasteiger partial charge in [0, 0.05) is 35.3 Å². The third-order valence-electron chi connectivity index (χ3n) is 7.56. The molecular weight excluding hydrogens is 474 g/mol. The summed E-state index contributed by atoms with van der Waals surface area (Å²) in [4.78, 5) is 39.9. The monoisotopic (exact) mass is 501 g/mol. The Morgan fingerprint density at radius 2 is 1.95 bits per heavy atom. The number of anilines is 1. The molecule has 1 amide bonds. The molecule has 2 bridgehead atoms. The Morgan fingerprint density at radius 1 is 1.19 bits per heavy atom. The molecule has 190 valence electrons. The summed E-state index contributed by atoms with van der Waals surface area (Å²) in [6, 6.07) is 3.65. The normalized spacial score (nSPS) is 21.9.